The van der Waals surface area contributed by atoms with Gasteiger partial charge >= 0.3 is 6.03 Å². The molecular weight excluding hydrogens is 312 g/mol. The molecule has 2 aromatic rings. The first kappa shape index (κ1) is 16.4. The normalized spacial score (nSPS) is 19.9. The summed E-state index contributed by atoms with van der Waals surface area (Å²) < 4.78 is 16.0. The molecule has 128 valence electrons. The summed E-state index contributed by atoms with van der Waals surface area (Å²) in [6.07, 6.45) is 0.943. The van der Waals surface area contributed by atoms with E-state index in [9.17, 15) is 9.90 Å². The number of benzene rings is 1. The van der Waals surface area contributed by atoms with Gasteiger partial charge in [0.2, 0.25) is 0 Å². The van der Waals surface area contributed by atoms with Crippen molar-refractivity contribution in [3.8, 4) is 5.75 Å². The van der Waals surface area contributed by atoms with Crippen molar-refractivity contribution in [2.24, 2.45) is 0 Å². The number of urea groups is 1. The van der Waals surface area contributed by atoms with Crippen LogP contribution in [0.4, 0.5) is 10.5 Å². The van der Waals surface area contributed by atoms with E-state index in [2.05, 4.69) is 5.32 Å². The lowest BCUT2D eigenvalue weighted by atomic mass is 10.2. The number of hydrogen-bond acceptors (Lipinski definition) is 5. The highest BCUT2D eigenvalue weighted by molar-refractivity contribution is 5.89. The fourth-order valence-corrected chi connectivity index (χ4v) is 2.45. The molecule has 1 aliphatic rings. The van der Waals surface area contributed by atoms with E-state index in [4.69, 9.17) is 13.9 Å². The van der Waals surface area contributed by atoms with Crippen LogP contribution in [0, 0.1) is 0 Å². The molecule has 7 nitrogen and oxygen atoms in total. The number of carbonyl (C=O) groups is 1. The minimum atomic E-state index is -0.655. The Labute approximate surface area is 139 Å². The van der Waals surface area contributed by atoms with Crippen LogP contribution in [0.15, 0.2) is 47.1 Å². The third-order valence-corrected chi connectivity index (χ3v) is 3.91. The first-order chi connectivity index (χ1) is 11.6. The van der Waals surface area contributed by atoms with E-state index in [1.54, 1.807) is 43.6 Å². The Hall–Kier alpha value is -2.51. The van der Waals surface area contributed by atoms with Gasteiger partial charge in [-0.1, -0.05) is 0 Å². The summed E-state index contributed by atoms with van der Waals surface area (Å²) in [4.78, 5) is 13.7. The second-order valence-corrected chi connectivity index (χ2v) is 5.61. The van der Waals surface area contributed by atoms with Crippen LogP contribution in [0.2, 0.25) is 0 Å². The minimum Gasteiger partial charge on any atom is -0.486 e. The van der Waals surface area contributed by atoms with Crippen LogP contribution in [0.3, 0.4) is 0 Å². The van der Waals surface area contributed by atoms with Gasteiger partial charge in [-0.25, -0.2) is 4.79 Å². The lowest BCUT2D eigenvalue weighted by Crippen LogP contribution is -2.45. The highest BCUT2D eigenvalue weighted by atomic mass is 16.5. The number of anilines is 1. The van der Waals surface area contributed by atoms with E-state index in [1.807, 2.05) is 6.07 Å². The Bertz CT molecular complexity index is 656. The molecule has 24 heavy (non-hydrogen) atoms. The summed E-state index contributed by atoms with van der Waals surface area (Å²) in [5, 5.41) is 12.6. The van der Waals surface area contributed by atoms with Gasteiger partial charge in [0.05, 0.1) is 31.6 Å². The fraction of sp³-hybridized carbons (Fsp3) is 0.353. The van der Waals surface area contributed by atoms with Crippen molar-refractivity contribution in [1.29, 1.82) is 0 Å². The second-order valence-electron chi connectivity index (χ2n) is 5.61. The number of nitrogens with one attached hydrogen (secondary N) is 1. The lowest BCUT2D eigenvalue weighted by Gasteiger charge is -2.25. The monoisotopic (exact) mass is 332 g/mol. The fourth-order valence-electron chi connectivity index (χ4n) is 2.45. The summed E-state index contributed by atoms with van der Waals surface area (Å²) in [6.45, 7) is 0.940. The van der Waals surface area contributed by atoms with Gasteiger partial charge in [0, 0.05) is 12.7 Å². The summed E-state index contributed by atoms with van der Waals surface area (Å²) >= 11 is 0. The Balaban J connectivity index is 1.52. The molecular formula is C17H20N2O5. The number of aliphatic hydroxyl groups excluding tert-OH is 1. The van der Waals surface area contributed by atoms with Crippen molar-refractivity contribution < 1.29 is 23.8 Å². The highest BCUT2D eigenvalue weighted by Gasteiger charge is 2.32. The summed E-state index contributed by atoms with van der Waals surface area (Å²) in [5.41, 5.74) is 0.644. The van der Waals surface area contributed by atoms with Crippen molar-refractivity contribution in [3.63, 3.8) is 0 Å². The molecule has 0 spiro atoms. The molecule has 0 bridgehead atoms. The van der Waals surface area contributed by atoms with Crippen LogP contribution in [-0.2, 0) is 11.3 Å². The smallest absolute Gasteiger partial charge is 0.322 e. The van der Waals surface area contributed by atoms with Gasteiger partial charge in [0.15, 0.2) is 0 Å². The Morgan fingerprint density at radius 3 is 2.75 bits per heavy atom. The van der Waals surface area contributed by atoms with Gasteiger partial charge in [-0.05, 0) is 36.4 Å². The zero-order valence-corrected chi connectivity index (χ0v) is 13.3. The zero-order valence-electron chi connectivity index (χ0n) is 13.3. The first-order valence-corrected chi connectivity index (χ1v) is 7.68. The SMILES string of the molecule is CN(C(=O)Nc1ccc(OCc2ccco2)cc1)[C@@H]1COC[C@H]1O. The van der Waals surface area contributed by atoms with E-state index in [0.717, 1.165) is 5.76 Å². The predicted molar refractivity (Wildman–Crippen MR) is 86.9 cm³/mol. The van der Waals surface area contributed by atoms with Gasteiger partial charge in [-0.3, -0.25) is 0 Å². The molecule has 2 N–H and O–H groups in total. The van der Waals surface area contributed by atoms with E-state index >= 15 is 0 Å². The molecule has 0 saturated carbocycles. The Kier molecular flexibility index (Phi) is 5.02. The van der Waals surface area contributed by atoms with Crippen LogP contribution in [0.5, 0.6) is 5.75 Å². The number of furan rings is 1. The van der Waals surface area contributed by atoms with E-state index in [1.165, 1.54) is 4.90 Å². The molecule has 0 radical (unpaired) electrons. The number of carbonyl (C=O) groups excluding carboxylic acids is 1. The molecule has 0 unspecified atom stereocenters. The third kappa shape index (κ3) is 3.87. The molecule has 7 heteroatoms. The molecule has 0 aliphatic carbocycles. The van der Waals surface area contributed by atoms with Gasteiger partial charge in [0.1, 0.15) is 18.1 Å². The topological polar surface area (TPSA) is 84.2 Å². The molecule has 3 rings (SSSR count). The van der Waals surface area contributed by atoms with Crippen LogP contribution in [0.1, 0.15) is 5.76 Å². The Morgan fingerprint density at radius 2 is 2.12 bits per heavy atom. The standard InChI is InChI=1S/C17H20N2O5/c1-19(15-10-22-11-16(15)20)17(21)18-12-4-6-13(7-5-12)24-9-14-3-2-8-23-14/h2-8,15-16,20H,9-11H2,1H3,(H,18,21)/t15-,16-/m1/s1. The molecule has 2 amide bonds. The van der Waals surface area contributed by atoms with Crippen LogP contribution < -0.4 is 10.1 Å². The van der Waals surface area contributed by atoms with Crippen LogP contribution in [0.25, 0.3) is 0 Å². The van der Waals surface area contributed by atoms with E-state index < -0.39 is 6.10 Å². The molecule has 1 saturated heterocycles. The van der Waals surface area contributed by atoms with E-state index in [-0.39, 0.29) is 18.7 Å². The van der Waals surface area contributed by atoms with Crippen molar-refractivity contribution in [2.45, 2.75) is 18.8 Å². The lowest BCUT2D eigenvalue weighted by molar-refractivity contribution is 0.106. The third-order valence-electron chi connectivity index (χ3n) is 3.91. The highest BCUT2D eigenvalue weighted by Crippen LogP contribution is 2.18. The molecule has 2 atom stereocenters. The van der Waals surface area contributed by atoms with Crippen molar-refractivity contribution in [3.05, 3.63) is 48.4 Å². The molecule has 2 heterocycles. The van der Waals surface area contributed by atoms with Gasteiger partial charge in [0.25, 0.3) is 0 Å². The largest absolute Gasteiger partial charge is 0.486 e. The van der Waals surface area contributed by atoms with Crippen LogP contribution in [-0.4, -0.2) is 48.4 Å². The predicted octanol–water partition coefficient (Wildman–Crippen LogP) is 2.08. The summed E-state index contributed by atoms with van der Waals surface area (Å²) in [5.74, 6) is 1.42. The van der Waals surface area contributed by atoms with Crippen LogP contribution >= 0.6 is 0 Å². The first-order valence-electron chi connectivity index (χ1n) is 7.68. The number of hydrogen-bond donors (Lipinski definition) is 2. The summed E-state index contributed by atoms with van der Waals surface area (Å²) in [6, 6.07) is 10.1. The number of aliphatic hydroxyl groups is 1. The van der Waals surface area contributed by atoms with Crippen molar-refractivity contribution >= 4 is 11.7 Å². The number of rotatable bonds is 5. The number of amides is 2. The number of ether oxygens (including phenoxy) is 2. The van der Waals surface area contributed by atoms with Gasteiger partial charge in [-0.15, -0.1) is 0 Å². The van der Waals surface area contributed by atoms with Gasteiger partial charge < -0.3 is 29.2 Å². The minimum absolute atomic E-state index is 0.254. The maximum absolute atomic E-state index is 12.2. The average molecular weight is 332 g/mol. The maximum Gasteiger partial charge on any atom is 0.322 e. The number of nitrogens with zero attached hydrogens (tertiary/aromatic N) is 1. The molecule has 1 aromatic heterocycles. The van der Waals surface area contributed by atoms with Gasteiger partial charge in [-0.2, -0.15) is 0 Å². The number of likely N-dealkylation sites (N-methyl/N-ethyl adjacent to an activating group) is 1. The quantitative estimate of drug-likeness (QED) is 0.876. The zero-order chi connectivity index (χ0) is 16.9. The molecule has 1 aromatic carbocycles. The summed E-state index contributed by atoms with van der Waals surface area (Å²) in [7, 11) is 1.64. The van der Waals surface area contributed by atoms with Crippen molar-refractivity contribution in [2.75, 3.05) is 25.6 Å². The van der Waals surface area contributed by atoms with E-state index in [0.29, 0.717) is 24.7 Å². The molecule has 1 fully saturated rings. The Morgan fingerprint density at radius 1 is 1.33 bits per heavy atom. The average Bonchev–Trinajstić information content (AvgIpc) is 3.25. The maximum atomic E-state index is 12.2. The van der Waals surface area contributed by atoms with Crippen molar-refractivity contribution in [1.82, 2.24) is 4.90 Å². The second kappa shape index (κ2) is 7.37. The molecule has 1 aliphatic heterocycles.